The number of thioether (sulfide) groups is 1. The van der Waals surface area contributed by atoms with Crippen LogP contribution in [0.4, 0.5) is 16.2 Å². The Bertz CT molecular complexity index is 1670. The van der Waals surface area contributed by atoms with Crippen LogP contribution in [0.25, 0.3) is 17.0 Å². The average Bonchev–Trinajstić information content (AvgIpc) is 3.38. The number of non-ortho nitro benzene ring substituents is 1. The first-order chi connectivity index (χ1) is 18.7. The van der Waals surface area contributed by atoms with E-state index in [0.29, 0.717) is 12.2 Å². The number of imide groups is 1. The van der Waals surface area contributed by atoms with Crippen LogP contribution in [0.3, 0.4) is 0 Å². The van der Waals surface area contributed by atoms with E-state index in [2.05, 4.69) is 5.32 Å². The van der Waals surface area contributed by atoms with Gasteiger partial charge >= 0.3 is 0 Å². The van der Waals surface area contributed by atoms with Crippen molar-refractivity contribution in [2.75, 3.05) is 11.9 Å². The van der Waals surface area contributed by atoms with Crippen molar-refractivity contribution in [3.63, 3.8) is 0 Å². The molecule has 1 aliphatic rings. The second-order valence-electron chi connectivity index (χ2n) is 9.29. The lowest BCUT2D eigenvalue weighted by molar-refractivity contribution is -0.384. The lowest BCUT2D eigenvalue weighted by atomic mass is 10.1. The predicted molar refractivity (Wildman–Crippen MR) is 151 cm³/mol. The maximum Gasteiger partial charge on any atom is 0.294 e. The van der Waals surface area contributed by atoms with Gasteiger partial charge < -0.3 is 9.88 Å². The number of carbonyl (C=O) groups excluding carboxylic acids is 3. The van der Waals surface area contributed by atoms with Crippen molar-refractivity contribution in [2.45, 2.75) is 20.4 Å². The molecular formula is C29H24N4O5S. The van der Waals surface area contributed by atoms with E-state index in [1.165, 1.54) is 12.1 Å². The number of nitro benzene ring substituents is 1. The Morgan fingerprint density at radius 1 is 1.05 bits per heavy atom. The molecule has 1 fully saturated rings. The van der Waals surface area contributed by atoms with E-state index in [1.54, 1.807) is 24.3 Å². The normalized spacial score (nSPS) is 14.4. The van der Waals surface area contributed by atoms with Gasteiger partial charge in [0.05, 0.1) is 9.83 Å². The Morgan fingerprint density at radius 3 is 2.51 bits per heavy atom. The number of rotatable bonds is 7. The Labute approximate surface area is 228 Å². The molecule has 0 aliphatic carbocycles. The number of aryl methyl sites for hydroxylation is 2. The molecule has 196 valence electrons. The van der Waals surface area contributed by atoms with E-state index in [0.717, 1.165) is 49.8 Å². The molecule has 10 heteroatoms. The van der Waals surface area contributed by atoms with Crippen molar-refractivity contribution in [1.82, 2.24) is 9.47 Å². The van der Waals surface area contributed by atoms with Crippen LogP contribution in [-0.2, 0) is 16.1 Å². The number of nitrogens with zero attached hydrogens (tertiary/aromatic N) is 3. The fourth-order valence-corrected chi connectivity index (χ4v) is 5.33. The largest absolute Gasteiger partial charge is 0.342 e. The highest BCUT2D eigenvalue weighted by molar-refractivity contribution is 8.18. The Morgan fingerprint density at radius 2 is 1.79 bits per heavy atom. The third-order valence-corrected chi connectivity index (χ3v) is 7.34. The van der Waals surface area contributed by atoms with E-state index in [9.17, 15) is 24.5 Å². The number of nitro groups is 1. The smallest absolute Gasteiger partial charge is 0.294 e. The molecule has 0 radical (unpaired) electrons. The number of anilines is 1. The summed E-state index contributed by atoms with van der Waals surface area (Å²) in [7, 11) is 0. The van der Waals surface area contributed by atoms with Crippen molar-refractivity contribution in [1.29, 1.82) is 0 Å². The fraction of sp³-hybridized carbons (Fsp3) is 0.138. The molecule has 1 aromatic heterocycles. The Kier molecular flexibility index (Phi) is 7.03. The van der Waals surface area contributed by atoms with Crippen LogP contribution in [0.15, 0.2) is 77.8 Å². The summed E-state index contributed by atoms with van der Waals surface area (Å²) in [6.45, 7) is 3.92. The van der Waals surface area contributed by atoms with Gasteiger partial charge in [0.2, 0.25) is 5.91 Å². The first-order valence-corrected chi connectivity index (χ1v) is 12.9. The van der Waals surface area contributed by atoms with E-state index >= 15 is 0 Å². The minimum atomic E-state index is -0.520. The first kappa shape index (κ1) is 25.9. The van der Waals surface area contributed by atoms with E-state index in [1.807, 2.05) is 61.0 Å². The highest BCUT2D eigenvalue weighted by Crippen LogP contribution is 2.34. The molecule has 2 heterocycles. The van der Waals surface area contributed by atoms with Gasteiger partial charge in [0.25, 0.3) is 16.8 Å². The zero-order chi connectivity index (χ0) is 27.7. The minimum Gasteiger partial charge on any atom is -0.342 e. The number of amides is 3. The summed E-state index contributed by atoms with van der Waals surface area (Å²) in [6.07, 6.45) is 3.55. The summed E-state index contributed by atoms with van der Waals surface area (Å²) in [4.78, 5) is 50.1. The second kappa shape index (κ2) is 10.6. The van der Waals surface area contributed by atoms with Crippen LogP contribution in [0.1, 0.15) is 22.3 Å². The van der Waals surface area contributed by atoms with Crippen LogP contribution in [0, 0.1) is 24.0 Å². The number of hydrogen-bond acceptors (Lipinski definition) is 6. The summed E-state index contributed by atoms with van der Waals surface area (Å²) in [5, 5.41) is 14.1. The highest BCUT2D eigenvalue weighted by atomic mass is 32.2. The molecule has 1 N–H and O–H groups in total. The molecule has 1 aliphatic heterocycles. The lowest BCUT2D eigenvalue weighted by Gasteiger charge is -2.13. The Hall–Kier alpha value is -4.70. The van der Waals surface area contributed by atoms with E-state index in [4.69, 9.17) is 0 Å². The molecule has 0 unspecified atom stereocenters. The molecule has 4 aromatic rings. The number of benzene rings is 3. The molecular weight excluding hydrogens is 516 g/mol. The van der Waals surface area contributed by atoms with Crippen molar-refractivity contribution >= 4 is 57.2 Å². The van der Waals surface area contributed by atoms with Gasteiger partial charge in [-0.2, -0.15) is 0 Å². The summed E-state index contributed by atoms with van der Waals surface area (Å²) >= 11 is 0.802. The summed E-state index contributed by atoms with van der Waals surface area (Å²) in [6, 6.07) is 19.6. The topological polar surface area (TPSA) is 115 Å². The third kappa shape index (κ3) is 5.46. The molecule has 3 aromatic carbocycles. The van der Waals surface area contributed by atoms with Gasteiger partial charge in [-0.1, -0.05) is 48.0 Å². The second-order valence-corrected chi connectivity index (χ2v) is 10.3. The van der Waals surface area contributed by atoms with Gasteiger partial charge in [-0.15, -0.1) is 0 Å². The quantitative estimate of drug-likeness (QED) is 0.178. The summed E-state index contributed by atoms with van der Waals surface area (Å²) < 4.78 is 1.99. The van der Waals surface area contributed by atoms with Crippen molar-refractivity contribution in [3.05, 3.63) is 110 Å². The van der Waals surface area contributed by atoms with Crippen LogP contribution < -0.4 is 5.32 Å². The molecule has 0 saturated carbocycles. The molecule has 39 heavy (non-hydrogen) atoms. The molecule has 1 saturated heterocycles. The lowest BCUT2D eigenvalue weighted by Crippen LogP contribution is -2.36. The van der Waals surface area contributed by atoms with E-state index < -0.39 is 22.0 Å². The standard InChI is InChI=1S/C29H24N4O5S/c1-18-7-12-24(19(2)13-18)30-27(34)17-32-28(35)26(39-29(32)36)14-21-16-31(25-6-4-3-5-23(21)25)15-20-8-10-22(11-9-20)33(37)38/h3-14,16H,15,17H2,1-2H3,(H,30,34)/b26-14-. The van der Waals surface area contributed by atoms with Gasteiger partial charge in [-0.25, -0.2) is 0 Å². The molecule has 9 nitrogen and oxygen atoms in total. The molecule has 5 rings (SSSR count). The number of carbonyl (C=O) groups is 3. The minimum absolute atomic E-state index is 0.0233. The van der Waals surface area contributed by atoms with Gasteiger partial charge in [0, 0.05) is 47.0 Å². The predicted octanol–water partition coefficient (Wildman–Crippen LogP) is 5.89. The number of aromatic nitrogens is 1. The van der Waals surface area contributed by atoms with Crippen LogP contribution in [0.5, 0.6) is 0 Å². The number of fused-ring (bicyclic) bond motifs is 1. The number of hydrogen-bond donors (Lipinski definition) is 1. The van der Waals surface area contributed by atoms with Gasteiger partial charge in [-0.05, 0) is 54.9 Å². The molecule has 0 bridgehead atoms. The average molecular weight is 541 g/mol. The molecule has 0 spiro atoms. The Balaban J connectivity index is 1.36. The van der Waals surface area contributed by atoms with Crippen LogP contribution in [0.2, 0.25) is 0 Å². The van der Waals surface area contributed by atoms with Crippen LogP contribution >= 0.6 is 11.8 Å². The fourth-order valence-electron chi connectivity index (χ4n) is 4.51. The maximum absolute atomic E-state index is 13.1. The zero-order valence-corrected chi connectivity index (χ0v) is 22.0. The van der Waals surface area contributed by atoms with Crippen molar-refractivity contribution in [3.8, 4) is 0 Å². The molecule has 3 amide bonds. The molecule has 0 atom stereocenters. The first-order valence-electron chi connectivity index (χ1n) is 12.1. The monoisotopic (exact) mass is 540 g/mol. The SMILES string of the molecule is Cc1ccc(NC(=O)CN2C(=O)S/C(=C\c3cn(Cc4ccc([N+](=O)[O-])cc4)c4ccccc34)C2=O)c(C)c1. The zero-order valence-electron chi connectivity index (χ0n) is 21.2. The third-order valence-electron chi connectivity index (χ3n) is 6.44. The van der Waals surface area contributed by atoms with Gasteiger partial charge in [0.15, 0.2) is 0 Å². The van der Waals surface area contributed by atoms with Gasteiger partial charge in [0.1, 0.15) is 6.54 Å². The van der Waals surface area contributed by atoms with Gasteiger partial charge in [-0.3, -0.25) is 29.4 Å². The highest BCUT2D eigenvalue weighted by Gasteiger charge is 2.36. The number of para-hydroxylation sites is 1. The summed E-state index contributed by atoms with van der Waals surface area (Å²) in [5.74, 6) is -0.974. The maximum atomic E-state index is 13.1. The van der Waals surface area contributed by atoms with Crippen LogP contribution in [-0.4, -0.2) is 38.0 Å². The van der Waals surface area contributed by atoms with Crippen molar-refractivity contribution in [2.24, 2.45) is 0 Å². The van der Waals surface area contributed by atoms with E-state index in [-0.39, 0.29) is 17.1 Å². The number of nitrogens with one attached hydrogen (secondary N) is 1. The summed E-state index contributed by atoms with van der Waals surface area (Å²) in [5.41, 5.74) is 5.15. The van der Waals surface area contributed by atoms with Crippen molar-refractivity contribution < 1.29 is 19.3 Å².